The van der Waals surface area contributed by atoms with Crippen molar-refractivity contribution >= 4 is 0 Å². The number of hydrogen-bond donors (Lipinski definition) is 0. The van der Waals surface area contributed by atoms with Gasteiger partial charge in [-0.3, -0.25) is 4.90 Å². The lowest BCUT2D eigenvalue weighted by molar-refractivity contribution is 0.275. The minimum absolute atomic E-state index is 0.000000000000000444. The molecule has 8 heavy (non-hydrogen) atoms. The molecule has 0 aliphatic heterocycles. The minimum Gasteiger partial charge on any atom is -0.293 e. The first kappa shape index (κ1) is 7.92. The summed E-state index contributed by atoms with van der Waals surface area (Å²) in [5, 5.41) is 0. The van der Waals surface area contributed by atoms with Crippen LogP contribution in [0.2, 0.25) is 0 Å². The molecule has 0 fully saturated rings. The molecule has 0 rings (SSSR count). The quantitative estimate of drug-likeness (QED) is 0.538. The Morgan fingerprint density at radius 3 is 2.12 bits per heavy atom. The van der Waals surface area contributed by atoms with Crippen LogP contribution in [0.25, 0.3) is 0 Å². The molecule has 1 atom stereocenters. The van der Waals surface area contributed by atoms with Crippen LogP contribution in [0.1, 0.15) is 19.8 Å². The van der Waals surface area contributed by atoms with Gasteiger partial charge in [-0.2, -0.15) is 0 Å². The topological polar surface area (TPSA) is 27.0 Å². The predicted octanol–water partition coefficient (Wildman–Crippen LogP) is 0.957. The summed E-state index contributed by atoms with van der Waals surface area (Å²) in [6.07, 6.45) is 2.08. The summed E-state index contributed by atoms with van der Waals surface area (Å²) in [5.74, 6) is 0. The molecule has 0 aliphatic carbocycles. The predicted molar refractivity (Wildman–Crippen MR) is 35.5 cm³/mol. The van der Waals surface area contributed by atoms with Crippen molar-refractivity contribution in [3.05, 3.63) is 0 Å². The molecule has 1 N–H and O–H groups in total. The highest BCUT2D eigenvalue weighted by Gasteiger charge is 2.01. The first-order valence-corrected chi connectivity index (χ1v) is 3.06. The zero-order valence-corrected chi connectivity index (χ0v) is 5.94. The summed E-state index contributed by atoms with van der Waals surface area (Å²) >= 11 is 0. The fourth-order valence-corrected chi connectivity index (χ4v) is 0.532. The Balaban J connectivity index is 3.17. The maximum absolute atomic E-state index is 7.35. The first-order valence-electron chi connectivity index (χ1n) is 3.06. The highest BCUT2D eigenvalue weighted by Crippen LogP contribution is 1.95. The van der Waals surface area contributed by atoms with Gasteiger partial charge in [0.05, 0.1) is 6.17 Å². The zero-order valence-electron chi connectivity index (χ0n) is 5.94. The molecule has 0 aromatic heterocycles. The molecule has 0 saturated heterocycles. The fraction of sp³-hybridized carbons (Fsp3) is 1.00. The van der Waals surface area contributed by atoms with Crippen molar-refractivity contribution in [1.82, 2.24) is 10.6 Å². The van der Waals surface area contributed by atoms with Crippen LogP contribution in [-0.2, 0) is 0 Å². The molecule has 2 nitrogen and oxygen atoms in total. The fourth-order valence-electron chi connectivity index (χ4n) is 0.532. The van der Waals surface area contributed by atoms with Gasteiger partial charge in [0.25, 0.3) is 0 Å². The van der Waals surface area contributed by atoms with Crippen LogP contribution >= 0.6 is 0 Å². The van der Waals surface area contributed by atoms with Crippen LogP contribution in [-0.4, -0.2) is 25.2 Å². The van der Waals surface area contributed by atoms with E-state index in [1.807, 2.05) is 19.0 Å². The minimum atomic E-state index is -0.000000000000000444. The molecule has 0 spiro atoms. The SMILES string of the molecule is CCCC([NH])N(C)C. The molecule has 0 heterocycles. The van der Waals surface area contributed by atoms with Crippen LogP contribution in [0.15, 0.2) is 0 Å². The van der Waals surface area contributed by atoms with E-state index in [0.717, 1.165) is 12.8 Å². The standard InChI is InChI=1S/C6H15N2/c1-4-5-6(7)8(2)3/h6-7H,4-5H2,1-3H3. The number of nitrogens with one attached hydrogen (secondary N) is 1. The Labute approximate surface area is 51.7 Å². The maximum Gasteiger partial charge on any atom is 0.0724 e. The molecule has 1 radical (unpaired) electrons. The highest BCUT2D eigenvalue weighted by molar-refractivity contribution is 4.53. The smallest absolute Gasteiger partial charge is 0.0724 e. The average molecular weight is 115 g/mol. The van der Waals surface area contributed by atoms with Crippen molar-refractivity contribution < 1.29 is 0 Å². The lowest BCUT2D eigenvalue weighted by atomic mass is 10.3. The largest absolute Gasteiger partial charge is 0.293 e. The van der Waals surface area contributed by atoms with Crippen LogP contribution in [0, 0.1) is 0 Å². The summed E-state index contributed by atoms with van der Waals surface area (Å²) in [7, 11) is 3.88. The Hall–Kier alpha value is -0.0800. The van der Waals surface area contributed by atoms with E-state index >= 15 is 0 Å². The number of rotatable bonds is 3. The van der Waals surface area contributed by atoms with Gasteiger partial charge in [-0.15, -0.1) is 0 Å². The van der Waals surface area contributed by atoms with Crippen molar-refractivity contribution in [2.24, 2.45) is 0 Å². The van der Waals surface area contributed by atoms with Crippen molar-refractivity contribution in [3.63, 3.8) is 0 Å². The molecule has 0 saturated carbocycles. The van der Waals surface area contributed by atoms with Crippen LogP contribution in [0.5, 0.6) is 0 Å². The van der Waals surface area contributed by atoms with Gasteiger partial charge in [-0.25, -0.2) is 5.73 Å². The molecule has 0 aromatic rings. The Morgan fingerprint density at radius 1 is 1.50 bits per heavy atom. The third-order valence-electron chi connectivity index (χ3n) is 1.19. The van der Waals surface area contributed by atoms with E-state index in [4.69, 9.17) is 5.73 Å². The van der Waals surface area contributed by atoms with Gasteiger partial charge >= 0.3 is 0 Å². The summed E-state index contributed by atoms with van der Waals surface area (Å²) < 4.78 is 0. The van der Waals surface area contributed by atoms with Crippen molar-refractivity contribution in [2.45, 2.75) is 25.9 Å². The van der Waals surface area contributed by atoms with Gasteiger partial charge < -0.3 is 0 Å². The second kappa shape index (κ2) is 3.87. The summed E-state index contributed by atoms with van der Waals surface area (Å²) in [4.78, 5) is 1.92. The second-order valence-corrected chi connectivity index (χ2v) is 2.27. The lowest BCUT2D eigenvalue weighted by Gasteiger charge is -2.16. The van der Waals surface area contributed by atoms with E-state index in [0.29, 0.717) is 0 Å². The van der Waals surface area contributed by atoms with Gasteiger partial charge in [0, 0.05) is 0 Å². The molecule has 0 aliphatic rings. The molecule has 0 amide bonds. The molecule has 2 heteroatoms. The Morgan fingerprint density at radius 2 is 2.00 bits per heavy atom. The zero-order chi connectivity index (χ0) is 6.57. The molecule has 0 aromatic carbocycles. The van der Waals surface area contributed by atoms with E-state index in [-0.39, 0.29) is 6.17 Å². The molecule has 0 bridgehead atoms. The second-order valence-electron chi connectivity index (χ2n) is 2.27. The van der Waals surface area contributed by atoms with Gasteiger partial charge in [0.15, 0.2) is 0 Å². The third kappa shape index (κ3) is 2.99. The number of hydrogen-bond acceptors (Lipinski definition) is 1. The van der Waals surface area contributed by atoms with Crippen molar-refractivity contribution in [3.8, 4) is 0 Å². The van der Waals surface area contributed by atoms with Crippen LogP contribution < -0.4 is 5.73 Å². The van der Waals surface area contributed by atoms with E-state index < -0.39 is 0 Å². The highest BCUT2D eigenvalue weighted by atomic mass is 15.2. The van der Waals surface area contributed by atoms with Gasteiger partial charge in [-0.1, -0.05) is 13.3 Å². The summed E-state index contributed by atoms with van der Waals surface area (Å²) in [6, 6.07) is 0. The molecular formula is C6H15N2. The van der Waals surface area contributed by atoms with Crippen LogP contribution in [0.4, 0.5) is 0 Å². The normalized spacial score (nSPS) is 14.6. The van der Waals surface area contributed by atoms with E-state index in [9.17, 15) is 0 Å². The van der Waals surface area contributed by atoms with Gasteiger partial charge in [0.2, 0.25) is 0 Å². The Bertz CT molecular complexity index is 52.5. The Kier molecular flexibility index (Phi) is 3.83. The molecule has 1 unspecified atom stereocenters. The van der Waals surface area contributed by atoms with Crippen molar-refractivity contribution in [1.29, 1.82) is 0 Å². The molecule has 49 valence electrons. The van der Waals surface area contributed by atoms with Crippen molar-refractivity contribution in [2.75, 3.05) is 14.1 Å². The van der Waals surface area contributed by atoms with E-state index in [2.05, 4.69) is 6.92 Å². The maximum atomic E-state index is 7.35. The van der Waals surface area contributed by atoms with Gasteiger partial charge in [0.1, 0.15) is 0 Å². The first-order chi connectivity index (χ1) is 3.68. The number of nitrogens with zero attached hydrogens (tertiary/aromatic N) is 1. The van der Waals surface area contributed by atoms with E-state index in [1.165, 1.54) is 0 Å². The lowest BCUT2D eigenvalue weighted by Crippen LogP contribution is -2.28. The average Bonchev–Trinajstić information content (AvgIpc) is 1.67. The summed E-state index contributed by atoms with van der Waals surface area (Å²) in [5.41, 5.74) is 7.35. The van der Waals surface area contributed by atoms with E-state index in [1.54, 1.807) is 0 Å². The molecular weight excluding hydrogens is 100 g/mol. The van der Waals surface area contributed by atoms with Gasteiger partial charge in [-0.05, 0) is 20.5 Å². The monoisotopic (exact) mass is 115 g/mol. The van der Waals surface area contributed by atoms with Crippen LogP contribution in [0.3, 0.4) is 0 Å². The summed E-state index contributed by atoms with van der Waals surface area (Å²) in [6.45, 7) is 2.10. The third-order valence-corrected chi connectivity index (χ3v) is 1.19.